The molecule has 0 saturated heterocycles. The molecule has 5 heteroatoms. The number of nitrogens with zero attached hydrogens (tertiary/aromatic N) is 2. The van der Waals surface area contributed by atoms with E-state index < -0.39 is 0 Å². The van der Waals surface area contributed by atoms with Gasteiger partial charge in [-0.2, -0.15) is 0 Å². The molecule has 1 unspecified atom stereocenters. The fourth-order valence-corrected chi connectivity index (χ4v) is 3.24. The molecule has 0 N–H and O–H groups in total. The largest absolute Gasteiger partial charge is 0.497 e. The Balaban J connectivity index is 1.90. The minimum atomic E-state index is 0.127. The van der Waals surface area contributed by atoms with Crippen molar-refractivity contribution < 1.29 is 14.2 Å². The standard InChI is InChI=1S/C20H24N2O3/c1-14-12-18(15-6-11-19(24-4)20(13-15)25-5)21(2)22(14)16-7-9-17(23-3)10-8-16/h6-13,18H,1-5H3. The third kappa shape index (κ3) is 3.15. The molecule has 1 heterocycles. The number of hydrazine groups is 1. The number of benzene rings is 2. The summed E-state index contributed by atoms with van der Waals surface area (Å²) in [7, 11) is 7.06. The average molecular weight is 340 g/mol. The normalized spacial score (nSPS) is 17.4. The van der Waals surface area contributed by atoms with Gasteiger partial charge in [0.1, 0.15) is 5.75 Å². The number of hydrogen-bond acceptors (Lipinski definition) is 5. The molecule has 0 fully saturated rings. The number of allylic oxidation sites excluding steroid dienone is 1. The van der Waals surface area contributed by atoms with Crippen LogP contribution < -0.4 is 19.2 Å². The van der Waals surface area contributed by atoms with E-state index in [-0.39, 0.29) is 6.04 Å². The molecule has 3 rings (SSSR count). The molecule has 25 heavy (non-hydrogen) atoms. The Kier molecular flexibility index (Phi) is 4.86. The summed E-state index contributed by atoms with van der Waals surface area (Å²) in [6.45, 7) is 2.11. The van der Waals surface area contributed by atoms with Gasteiger partial charge in [0.25, 0.3) is 0 Å². The molecule has 0 amide bonds. The van der Waals surface area contributed by atoms with Crippen LogP contribution in [-0.4, -0.2) is 33.4 Å². The Morgan fingerprint density at radius 1 is 0.840 bits per heavy atom. The number of ether oxygens (including phenoxy) is 3. The third-order valence-corrected chi connectivity index (χ3v) is 4.52. The van der Waals surface area contributed by atoms with Gasteiger partial charge in [0.05, 0.1) is 33.1 Å². The predicted molar refractivity (Wildman–Crippen MR) is 99.3 cm³/mol. The lowest BCUT2D eigenvalue weighted by atomic mass is 10.1. The number of rotatable bonds is 5. The Morgan fingerprint density at radius 3 is 2.12 bits per heavy atom. The van der Waals surface area contributed by atoms with E-state index in [2.05, 4.69) is 48.3 Å². The van der Waals surface area contributed by atoms with E-state index >= 15 is 0 Å². The first-order chi connectivity index (χ1) is 12.1. The summed E-state index contributed by atoms with van der Waals surface area (Å²) in [4.78, 5) is 0. The zero-order chi connectivity index (χ0) is 18.0. The van der Waals surface area contributed by atoms with Gasteiger partial charge in [0.2, 0.25) is 0 Å². The van der Waals surface area contributed by atoms with Crippen molar-refractivity contribution in [2.24, 2.45) is 0 Å². The van der Waals surface area contributed by atoms with Gasteiger partial charge in [-0.15, -0.1) is 0 Å². The van der Waals surface area contributed by atoms with E-state index in [1.54, 1.807) is 21.3 Å². The van der Waals surface area contributed by atoms with Crippen LogP contribution in [0.1, 0.15) is 18.5 Å². The molecule has 2 aromatic rings. The second-order valence-electron chi connectivity index (χ2n) is 5.95. The molecule has 0 aromatic heterocycles. The van der Waals surface area contributed by atoms with Crippen molar-refractivity contribution in [1.82, 2.24) is 5.01 Å². The molecule has 0 bridgehead atoms. The first-order valence-electron chi connectivity index (χ1n) is 8.16. The van der Waals surface area contributed by atoms with Gasteiger partial charge in [-0.3, -0.25) is 5.01 Å². The van der Waals surface area contributed by atoms with Crippen LogP contribution in [-0.2, 0) is 0 Å². The molecule has 1 atom stereocenters. The average Bonchev–Trinajstić information content (AvgIpc) is 2.95. The summed E-state index contributed by atoms with van der Waals surface area (Å²) >= 11 is 0. The minimum Gasteiger partial charge on any atom is -0.497 e. The molecule has 0 aliphatic carbocycles. The van der Waals surface area contributed by atoms with Crippen molar-refractivity contribution in [2.45, 2.75) is 13.0 Å². The first-order valence-corrected chi connectivity index (χ1v) is 8.16. The van der Waals surface area contributed by atoms with Gasteiger partial charge in [-0.05, 0) is 55.0 Å². The Bertz CT molecular complexity index is 771. The molecular formula is C20H24N2O3. The maximum Gasteiger partial charge on any atom is 0.161 e. The van der Waals surface area contributed by atoms with Crippen LogP contribution >= 0.6 is 0 Å². The van der Waals surface area contributed by atoms with Crippen LogP contribution in [0, 0.1) is 0 Å². The molecule has 5 nitrogen and oxygen atoms in total. The van der Waals surface area contributed by atoms with Crippen LogP contribution in [0.3, 0.4) is 0 Å². The van der Waals surface area contributed by atoms with Crippen molar-refractivity contribution >= 4 is 5.69 Å². The van der Waals surface area contributed by atoms with E-state index in [1.807, 2.05) is 24.3 Å². The number of likely N-dealkylation sites (N-methyl/N-ethyl adjacent to an activating group) is 1. The molecular weight excluding hydrogens is 316 g/mol. The maximum absolute atomic E-state index is 5.44. The van der Waals surface area contributed by atoms with Crippen LogP contribution in [0.15, 0.2) is 54.2 Å². The summed E-state index contributed by atoms with van der Waals surface area (Å²) < 4.78 is 16.0. The van der Waals surface area contributed by atoms with Crippen LogP contribution in [0.25, 0.3) is 0 Å². The fourth-order valence-electron chi connectivity index (χ4n) is 3.24. The highest BCUT2D eigenvalue weighted by Gasteiger charge is 2.29. The fraction of sp³-hybridized carbons (Fsp3) is 0.300. The van der Waals surface area contributed by atoms with Crippen molar-refractivity contribution in [3.8, 4) is 17.2 Å². The summed E-state index contributed by atoms with van der Waals surface area (Å²) in [5, 5.41) is 4.40. The van der Waals surface area contributed by atoms with Crippen molar-refractivity contribution in [1.29, 1.82) is 0 Å². The van der Waals surface area contributed by atoms with E-state index in [9.17, 15) is 0 Å². The quantitative estimate of drug-likeness (QED) is 0.821. The monoisotopic (exact) mass is 340 g/mol. The van der Waals surface area contributed by atoms with Crippen molar-refractivity contribution in [2.75, 3.05) is 33.4 Å². The van der Waals surface area contributed by atoms with Crippen LogP contribution in [0.2, 0.25) is 0 Å². The maximum atomic E-state index is 5.44. The molecule has 0 spiro atoms. The smallest absolute Gasteiger partial charge is 0.161 e. The van der Waals surface area contributed by atoms with E-state index in [0.29, 0.717) is 0 Å². The summed E-state index contributed by atoms with van der Waals surface area (Å²) in [5.74, 6) is 2.32. The molecule has 0 radical (unpaired) electrons. The van der Waals surface area contributed by atoms with Gasteiger partial charge in [-0.1, -0.05) is 6.07 Å². The molecule has 0 saturated carbocycles. The van der Waals surface area contributed by atoms with Gasteiger partial charge >= 0.3 is 0 Å². The van der Waals surface area contributed by atoms with Gasteiger partial charge in [0.15, 0.2) is 11.5 Å². The van der Waals surface area contributed by atoms with E-state index in [1.165, 1.54) is 5.70 Å². The summed E-state index contributed by atoms with van der Waals surface area (Å²) in [5.41, 5.74) is 3.42. The third-order valence-electron chi connectivity index (χ3n) is 4.52. The SMILES string of the molecule is COc1ccc(N2C(C)=CC(c3ccc(OC)c(OC)c3)N2C)cc1. The zero-order valence-corrected chi connectivity index (χ0v) is 15.3. The summed E-state index contributed by atoms with van der Waals surface area (Å²) in [6, 6.07) is 14.2. The van der Waals surface area contributed by atoms with Crippen LogP contribution in [0.4, 0.5) is 5.69 Å². The van der Waals surface area contributed by atoms with Crippen LogP contribution in [0.5, 0.6) is 17.2 Å². The number of hydrogen-bond donors (Lipinski definition) is 0. The zero-order valence-electron chi connectivity index (χ0n) is 15.3. The van der Waals surface area contributed by atoms with E-state index in [4.69, 9.17) is 14.2 Å². The molecule has 1 aliphatic heterocycles. The Hall–Kier alpha value is -2.66. The number of anilines is 1. The highest BCUT2D eigenvalue weighted by Crippen LogP contribution is 2.39. The highest BCUT2D eigenvalue weighted by atomic mass is 16.5. The van der Waals surface area contributed by atoms with Crippen molar-refractivity contribution in [3.05, 3.63) is 59.8 Å². The predicted octanol–water partition coefficient (Wildman–Crippen LogP) is 4.02. The second-order valence-corrected chi connectivity index (χ2v) is 5.95. The van der Waals surface area contributed by atoms with E-state index in [0.717, 1.165) is 28.5 Å². The number of methoxy groups -OCH3 is 3. The first kappa shape index (κ1) is 17.2. The topological polar surface area (TPSA) is 34.2 Å². The van der Waals surface area contributed by atoms with Gasteiger partial charge < -0.3 is 14.2 Å². The van der Waals surface area contributed by atoms with Crippen molar-refractivity contribution in [3.63, 3.8) is 0 Å². The second kappa shape index (κ2) is 7.07. The minimum absolute atomic E-state index is 0.127. The molecule has 132 valence electrons. The lowest BCUT2D eigenvalue weighted by molar-refractivity contribution is 0.304. The van der Waals surface area contributed by atoms with Gasteiger partial charge in [0, 0.05) is 12.7 Å². The van der Waals surface area contributed by atoms with Gasteiger partial charge in [-0.25, -0.2) is 5.01 Å². The lowest BCUT2D eigenvalue weighted by Crippen LogP contribution is -2.35. The lowest BCUT2D eigenvalue weighted by Gasteiger charge is -2.32. The Labute approximate surface area is 149 Å². The molecule has 1 aliphatic rings. The Morgan fingerprint density at radius 2 is 1.52 bits per heavy atom. The molecule has 2 aromatic carbocycles. The highest BCUT2D eigenvalue weighted by molar-refractivity contribution is 5.55. The summed E-state index contributed by atoms with van der Waals surface area (Å²) in [6.07, 6.45) is 2.24.